The number of nitrogens with two attached hydrogens (primary N) is 1. The van der Waals surface area contributed by atoms with Crippen molar-refractivity contribution in [3.05, 3.63) is 0 Å². The molecule has 0 unspecified atom stereocenters. The number of hydrogen-bond acceptors (Lipinski definition) is 4. The SMILES string of the molecule is CC(C)(C)CC(=O)OOCCN. The predicted molar refractivity (Wildman–Crippen MR) is 45.2 cm³/mol. The van der Waals surface area contributed by atoms with E-state index in [-0.39, 0.29) is 18.0 Å². The van der Waals surface area contributed by atoms with E-state index >= 15 is 0 Å². The molecule has 0 bridgehead atoms. The highest BCUT2D eigenvalue weighted by Gasteiger charge is 2.17. The molecule has 0 heterocycles. The Morgan fingerprint density at radius 3 is 2.42 bits per heavy atom. The van der Waals surface area contributed by atoms with Gasteiger partial charge in [0, 0.05) is 6.54 Å². The van der Waals surface area contributed by atoms with Crippen LogP contribution in [-0.2, 0) is 14.6 Å². The zero-order valence-electron chi connectivity index (χ0n) is 7.92. The van der Waals surface area contributed by atoms with Crippen LogP contribution in [0.25, 0.3) is 0 Å². The third kappa shape index (κ3) is 7.50. The highest BCUT2D eigenvalue weighted by molar-refractivity contribution is 5.69. The van der Waals surface area contributed by atoms with Crippen molar-refractivity contribution in [1.82, 2.24) is 0 Å². The second-order valence-corrected chi connectivity index (χ2v) is 3.80. The predicted octanol–water partition coefficient (Wildman–Crippen LogP) is 0.856. The van der Waals surface area contributed by atoms with Gasteiger partial charge in [0.2, 0.25) is 0 Å². The first-order chi connectivity index (χ1) is 5.45. The van der Waals surface area contributed by atoms with Crippen LogP contribution >= 0.6 is 0 Å². The molecule has 0 aromatic heterocycles. The first-order valence-electron chi connectivity index (χ1n) is 3.98. The Bertz CT molecular complexity index is 140. The molecule has 0 spiro atoms. The first-order valence-corrected chi connectivity index (χ1v) is 3.98. The molecule has 0 saturated carbocycles. The number of hydrogen-bond donors (Lipinski definition) is 1. The van der Waals surface area contributed by atoms with E-state index in [2.05, 4.69) is 9.78 Å². The molecular formula is C8H17NO3. The summed E-state index contributed by atoms with van der Waals surface area (Å²) in [4.78, 5) is 19.9. The van der Waals surface area contributed by atoms with Crippen molar-refractivity contribution in [2.24, 2.45) is 11.1 Å². The van der Waals surface area contributed by atoms with E-state index in [1.54, 1.807) is 0 Å². The summed E-state index contributed by atoms with van der Waals surface area (Å²) >= 11 is 0. The summed E-state index contributed by atoms with van der Waals surface area (Å²) in [6.07, 6.45) is 0.345. The Labute approximate surface area is 73.0 Å². The van der Waals surface area contributed by atoms with Crippen molar-refractivity contribution in [3.63, 3.8) is 0 Å². The maximum atomic E-state index is 10.9. The molecule has 0 aromatic carbocycles. The molecule has 4 heteroatoms. The van der Waals surface area contributed by atoms with E-state index in [0.717, 1.165) is 0 Å². The average Bonchev–Trinajstić information content (AvgIpc) is 1.84. The van der Waals surface area contributed by atoms with Gasteiger partial charge in [-0.05, 0) is 5.41 Å². The fourth-order valence-corrected chi connectivity index (χ4v) is 0.618. The molecule has 0 aromatic rings. The van der Waals surface area contributed by atoms with Crippen LogP contribution in [-0.4, -0.2) is 19.1 Å². The Morgan fingerprint density at radius 1 is 1.42 bits per heavy atom. The van der Waals surface area contributed by atoms with Crippen LogP contribution in [0.3, 0.4) is 0 Å². The van der Waals surface area contributed by atoms with Crippen LogP contribution in [0.2, 0.25) is 0 Å². The second-order valence-electron chi connectivity index (χ2n) is 3.80. The zero-order chi connectivity index (χ0) is 9.61. The van der Waals surface area contributed by atoms with E-state index in [1.165, 1.54) is 0 Å². The topological polar surface area (TPSA) is 61.5 Å². The van der Waals surface area contributed by atoms with Crippen molar-refractivity contribution >= 4 is 5.97 Å². The van der Waals surface area contributed by atoms with E-state index < -0.39 is 0 Å². The molecule has 0 radical (unpaired) electrons. The normalized spacial score (nSPS) is 11.3. The summed E-state index contributed by atoms with van der Waals surface area (Å²) < 4.78 is 0. The van der Waals surface area contributed by atoms with E-state index in [4.69, 9.17) is 5.73 Å². The molecule has 0 rings (SSSR count). The minimum absolute atomic E-state index is 0.0663. The van der Waals surface area contributed by atoms with E-state index in [0.29, 0.717) is 13.0 Å². The zero-order valence-corrected chi connectivity index (χ0v) is 7.92. The van der Waals surface area contributed by atoms with E-state index in [9.17, 15) is 4.79 Å². The molecule has 0 aliphatic heterocycles. The maximum Gasteiger partial charge on any atom is 0.342 e. The van der Waals surface area contributed by atoms with Crippen LogP contribution in [0.15, 0.2) is 0 Å². The Hall–Kier alpha value is -0.610. The van der Waals surface area contributed by atoms with Crippen LogP contribution in [0.5, 0.6) is 0 Å². The van der Waals surface area contributed by atoms with Gasteiger partial charge in [0.15, 0.2) is 0 Å². The van der Waals surface area contributed by atoms with Crippen molar-refractivity contribution in [2.75, 3.05) is 13.2 Å². The average molecular weight is 175 g/mol. The van der Waals surface area contributed by atoms with Gasteiger partial charge >= 0.3 is 5.97 Å². The summed E-state index contributed by atoms with van der Waals surface area (Å²) in [6.45, 7) is 6.46. The Balaban J connectivity index is 3.47. The lowest BCUT2D eigenvalue weighted by atomic mass is 9.93. The van der Waals surface area contributed by atoms with Gasteiger partial charge in [0.1, 0.15) is 6.61 Å². The third-order valence-corrected chi connectivity index (χ3v) is 1.03. The van der Waals surface area contributed by atoms with Gasteiger partial charge in [-0.25, -0.2) is 4.79 Å². The smallest absolute Gasteiger partial charge is 0.328 e. The lowest BCUT2D eigenvalue weighted by Crippen LogP contribution is -2.17. The van der Waals surface area contributed by atoms with E-state index in [1.807, 2.05) is 20.8 Å². The fraction of sp³-hybridized carbons (Fsp3) is 0.875. The third-order valence-electron chi connectivity index (χ3n) is 1.03. The van der Waals surface area contributed by atoms with Crippen molar-refractivity contribution in [2.45, 2.75) is 27.2 Å². The largest absolute Gasteiger partial charge is 0.342 e. The standard InChI is InChI=1S/C8H17NO3/c1-8(2,3)6-7(10)12-11-5-4-9/h4-6,9H2,1-3H3. The molecule has 0 atom stereocenters. The molecule has 0 aliphatic rings. The summed E-state index contributed by atoms with van der Waals surface area (Å²) in [5.74, 6) is -0.351. The van der Waals surface area contributed by atoms with Gasteiger partial charge in [-0.3, -0.25) is 4.89 Å². The minimum atomic E-state index is -0.351. The summed E-state index contributed by atoms with van der Waals surface area (Å²) in [7, 11) is 0. The van der Waals surface area contributed by atoms with Gasteiger partial charge in [-0.2, -0.15) is 4.89 Å². The number of rotatable bonds is 4. The van der Waals surface area contributed by atoms with Gasteiger partial charge in [0.05, 0.1) is 6.42 Å². The van der Waals surface area contributed by atoms with Crippen LogP contribution in [0.1, 0.15) is 27.2 Å². The lowest BCUT2D eigenvalue weighted by Gasteiger charge is -2.15. The van der Waals surface area contributed by atoms with Crippen molar-refractivity contribution in [3.8, 4) is 0 Å². The van der Waals surface area contributed by atoms with Gasteiger partial charge < -0.3 is 5.73 Å². The quantitative estimate of drug-likeness (QED) is 0.391. The highest BCUT2D eigenvalue weighted by atomic mass is 17.2. The molecule has 2 N–H and O–H groups in total. The van der Waals surface area contributed by atoms with Gasteiger partial charge in [-0.15, -0.1) is 0 Å². The second kappa shape index (κ2) is 5.11. The van der Waals surface area contributed by atoms with Crippen molar-refractivity contribution in [1.29, 1.82) is 0 Å². The van der Waals surface area contributed by atoms with Crippen LogP contribution in [0, 0.1) is 5.41 Å². The number of carbonyl (C=O) groups is 1. The lowest BCUT2D eigenvalue weighted by molar-refractivity contribution is -0.271. The molecule has 12 heavy (non-hydrogen) atoms. The maximum absolute atomic E-state index is 10.9. The molecular weight excluding hydrogens is 158 g/mol. The first kappa shape index (κ1) is 11.4. The molecule has 0 saturated heterocycles. The van der Waals surface area contributed by atoms with Crippen LogP contribution < -0.4 is 5.73 Å². The Morgan fingerprint density at radius 2 is 2.00 bits per heavy atom. The Kier molecular flexibility index (Phi) is 4.85. The monoisotopic (exact) mass is 175 g/mol. The molecule has 72 valence electrons. The van der Waals surface area contributed by atoms with Crippen LogP contribution in [0.4, 0.5) is 0 Å². The highest BCUT2D eigenvalue weighted by Crippen LogP contribution is 2.18. The van der Waals surface area contributed by atoms with Crippen molar-refractivity contribution < 1.29 is 14.6 Å². The number of carbonyl (C=O) groups excluding carboxylic acids is 1. The molecule has 0 aliphatic carbocycles. The molecule has 4 nitrogen and oxygen atoms in total. The van der Waals surface area contributed by atoms with Gasteiger partial charge in [-0.1, -0.05) is 20.8 Å². The fourth-order valence-electron chi connectivity index (χ4n) is 0.618. The minimum Gasteiger partial charge on any atom is -0.328 e. The molecule has 0 amide bonds. The molecule has 0 fully saturated rings. The summed E-state index contributed by atoms with van der Waals surface area (Å²) in [5.41, 5.74) is 5.06. The summed E-state index contributed by atoms with van der Waals surface area (Å²) in [6, 6.07) is 0. The van der Waals surface area contributed by atoms with Gasteiger partial charge in [0.25, 0.3) is 0 Å². The summed E-state index contributed by atoms with van der Waals surface area (Å²) in [5, 5.41) is 0.